The lowest BCUT2D eigenvalue weighted by atomic mass is 9.59. The first-order valence-corrected chi connectivity index (χ1v) is 9.58. The molecule has 20 heavy (non-hydrogen) atoms. The Morgan fingerprint density at radius 3 is 1.30 bits per heavy atom. The maximum atomic E-state index is 2.51. The molecule has 0 aliphatic heterocycles. The van der Waals surface area contributed by atoms with Crippen molar-refractivity contribution in [1.29, 1.82) is 0 Å². The predicted octanol–water partition coefficient (Wildman–Crippen LogP) is 6.94. The summed E-state index contributed by atoms with van der Waals surface area (Å²) in [7, 11) is 0. The van der Waals surface area contributed by atoms with Gasteiger partial charge in [-0.05, 0) is 48.3 Å². The normalized spacial score (nSPS) is 33.9. The maximum absolute atomic E-state index is 2.51. The van der Waals surface area contributed by atoms with Gasteiger partial charge in [0.25, 0.3) is 0 Å². The molecule has 0 nitrogen and oxygen atoms in total. The van der Waals surface area contributed by atoms with Gasteiger partial charge in [0, 0.05) is 0 Å². The zero-order valence-corrected chi connectivity index (χ0v) is 15.1. The average Bonchev–Trinajstić information content (AvgIpc) is 2.45. The van der Waals surface area contributed by atoms with E-state index < -0.39 is 0 Å². The third kappa shape index (κ3) is 4.50. The molecule has 0 heteroatoms. The van der Waals surface area contributed by atoms with Gasteiger partial charge in [-0.15, -0.1) is 0 Å². The molecule has 0 radical (unpaired) electrons. The highest BCUT2D eigenvalue weighted by molar-refractivity contribution is 4.88. The second-order valence-corrected chi connectivity index (χ2v) is 7.67. The van der Waals surface area contributed by atoms with E-state index in [9.17, 15) is 0 Å². The summed E-state index contributed by atoms with van der Waals surface area (Å²) in [4.78, 5) is 0. The van der Waals surface area contributed by atoms with E-state index in [2.05, 4.69) is 41.5 Å². The molecule has 0 bridgehead atoms. The predicted molar refractivity (Wildman–Crippen MR) is 91.9 cm³/mol. The SMILES string of the molecule is CCCC(CC)C1CC(C)C(C)CC1C(CC)CCC. The first-order chi connectivity index (χ1) is 9.58. The summed E-state index contributed by atoms with van der Waals surface area (Å²) in [5.74, 6) is 5.91. The van der Waals surface area contributed by atoms with Gasteiger partial charge in [-0.2, -0.15) is 0 Å². The van der Waals surface area contributed by atoms with E-state index in [-0.39, 0.29) is 0 Å². The fraction of sp³-hybridized carbons (Fsp3) is 1.00. The summed E-state index contributed by atoms with van der Waals surface area (Å²) in [6.07, 6.45) is 11.5. The van der Waals surface area contributed by atoms with Gasteiger partial charge in [0.2, 0.25) is 0 Å². The fourth-order valence-corrected chi connectivity index (χ4v) is 4.94. The molecule has 1 fully saturated rings. The molecule has 120 valence electrons. The summed E-state index contributed by atoms with van der Waals surface area (Å²) in [5.41, 5.74) is 0. The van der Waals surface area contributed by atoms with E-state index in [4.69, 9.17) is 0 Å². The minimum atomic E-state index is 0.946. The molecule has 0 N–H and O–H groups in total. The molecule has 1 saturated carbocycles. The Kier molecular flexibility index (Phi) is 8.22. The van der Waals surface area contributed by atoms with Crippen LogP contribution in [0.1, 0.15) is 92.9 Å². The highest BCUT2D eigenvalue weighted by Gasteiger charge is 2.39. The molecular weight excluding hydrogens is 240 g/mol. The van der Waals surface area contributed by atoms with E-state index in [0.717, 1.165) is 35.5 Å². The maximum Gasteiger partial charge on any atom is -0.0352 e. The summed E-state index contributed by atoms with van der Waals surface area (Å²) in [6, 6.07) is 0. The van der Waals surface area contributed by atoms with Crippen LogP contribution in [0.2, 0.25) is 0 Å². The topological polar surface area (TPSA) is 0 Å². The van der Waals surface area contributed by atoms with Crippen LogP contribution < -0.4 is 0 Å². The number of rotatable bonds is 8. The lowest BCUT2D eigenvalue weighted by Gasteiger charge is -2.46. The largest absolute Gasteiger partial charge is 0.0654 e. The van der Waals surface area contributed by atoms with Gasteiger partial charge in [-0.25, -0.2) is 0 Å². The monoisotopic (exact) mass is 280 g/mol. The molecule has 0 heterocycles. The van der Waals surface area contributed by atoms with Gasteiger partial charge >= 0.3 is 0 Å². The lowest BCUT2D eigenvalue weighted by molar-refractivity contribution is 0.0377. The standard InChI is InChI=1S/C20H40/c1-7-11-17(9-3)19-13-15(5)16(6)14-20(19)18(10-4)12-8-2/h15-20H,7-14H2,1-6H3. The second-order valence-electron chi connectivity index (χ2n) is 7.67. The van der Waals surface area contributed by atoms with Crippen molar-refractivity contribution in [2.45, 2.75) is 92.9 Å². The molecule has 1 aliphatic rings. The summed E-state index contributed by atoms with van der Waals surface area (Å²) in [5, 5.41) is 0. The first kappa shape index (κ1) is 18.1. The molecule has 0 aromatic heterocycles. The first-order valence-electron chi connectivity index (χ1n) is 9.58. The van der Waals surface area contributed by atoms with Crippen molar-refractivity contribution in [1.82, 2.24) is 0 Å². The van der Waals surface area contributed by atoms with Crippen molar-refractivity contribution in [2.75, 3.05) is 0 Å². The minimum absolute atomic E-state index is 0.946. The Hall–Kier alpha value is 0. The van der Waals surface area contributed by atoms with Crippen molar-refractivity contribution < 1.29 is 0 Å². The number of hydrogen-bond donors (Lipinski definition) is 0. The van der Waals surface area contributed by atoms with E-state index in [1.165, 1.54) is 51.4 Å². The summed E-state index contributed by atoms with van der Waals surface area (Å²) >= 11 is 0. The van der Waals surface area contributed by atoms with Crippen LogP contribution in [-0.4, -0.2) is 0 Å². The third-order valence-corrected chi connectivity index (χ3v) is 6.39. The highest BCUT2D eigenvalue weighted by atomic mass is 14.4. The Morgan fingerprint density at radius 2 is 1.05 bits per heavy atom. The van der Waals surface area contributed by atoms with Gasteiger partial charge in [0.15, 0.2) is 0 Å². The minimum Gasteiger partial charge on any atom is -0.0654 e. The smallest absolute Gasteiger partial charge is 0.0352 e. The van der Waals surface area contributed by atoms with Crippen molar-refractivity contribution in [3.8, 4) is 0 Å². The molecule has 1 rings (SSSR count). The molecule has 0 aromatic rings. The molecule has 0 aromatic carbocycles. The van der Waals surface area contributed by atoms with E-state index in [0.29, 0.717) is 0 Å². The van der Waals surface area contributed by atoms with E-state index in [1.807, 2.05) is 0 Å². The molecule has 1 aliphatic carbocycles. The van der Waals surface area contributed by atoms with Crippen molar-refractivity contribution >= 4 is 0 Å². The second kappa shape index (κ2) is 9.11. The van der Waals surface area contributed by atoms with Crippen molar-refractivity contribution in [3.63, 3.8) is 0 Å². The van der Waals surface area contributed by atoms with Gasteiger partial charge in [0.05, 0.1) is 0 Å². The van der Waals surface area contributed by atoms with Gasteiger partial charge in [0.1, 0.15) is 0 Å². The van der Waals surface area contributed by atoms with Crippen LogP contribution in [0.5, 0.6) is 0 Å². The Bertz CT molecular complexity index is 218. The van der Waals surface area contributed by atoms with Crippen LogP contribution in [0.4, 0.5) is 0 Å². The zero-order chi connectivity index (χ0) is 15.1. The molecular formula is C20H40. The highest BCUT2D eigenvalue weighted by Crippen LogP contribution is 2.48. The van der Waals surface area contributed by atoms with Crippen LogP contribution in [0, 0.1) is 35.5 Å². The Balaban J connectivity index is 2.87. The van der Waals surface area contributed by atoms with Crippen LogP contribution in [-0.2, 0) is 0 Å². The van der Waals surface area contributed by atoms with Gasteiger partial charge < -0.3 is 0 Å². The molecule has 6 atom stereocenters. The van der Waals surface area contributed by atoms with Gasteiger partial charge in [-0.1, -0.05) is 80.1 Å². The summed E-state index contributed by atoms with van der Waals surface area (Å²) in [6.45, 7) is 14.6. The quantitative estimate of drug-likeness (QED) is 0.452. The molecule has 0 amide bonds. The lowest BCUT2D eigenvalue weighted by Crippen LogP contribution is -2.37. The van der Waals surface area contributed by atoms with Crippen molar-refractivity contribution in [2.24, 2.45) is 35.5 Å². The van der Waals surface area contributed by atoms with Crippen LogP contribution in [0.3, 0.4) is 0 Å². The van der Waals surface area contributed by atoms with Crippen LogP contribution >= 0.6 is 0 Å². The van der Waals surface area contributed by atoms with E-state index in [1.54, 1.807) is 0 Å². The average molecular weight is 281 g/mol. The third-order valence-electron chi connectivity index (χ3n) is 6.39. The van der Waals surface area contributed by atoms with Crippen LogP contribution in [0.15, 0.2) is 0 Å². The fourth-order valence-electron chi connectivity index (χ4n) is 4.94. The van der Waals surface area contributed by atoms with Crippen molar-refractivity contribution in [3.05, 3.63) is 0 Å². The molecule has 0 spiro atoms. The van der Waals surface area contributed by atoms with E-state index >= 15 is 0 Å². The molecule has 0 saturated heterocycles. The number of hydrogen-bond acceptors (Lipinski definition) is 0. The van der Waals surface area contributed by atoms with Gasteiger partial charge in [-0.3, -0.25) is 0 Å². The molecule has 6 unspecified atom stereocenters. The zero-order valence-electron chi connectivity index (χ0n) is 15.1. The Labute approximate surface area is 129 Å². The van der Waals surface area contributed by atoms with Crippen LogP contribution in [0.25, 0.3) is 0 Å². The summed E-state index contributed by atoms with van der Waals surface area (Å²) < 4.78 is 0. The Morgan fingerprint density at radius 1 is 0.700 bits per heavy atom.